The zero-order chi connectivity index (χ0) is 54.6. The lowest BCUT2D eigenvalue weighted by Crippen LogP contribution is -2.54. The lowest BCUT2D eigenvalue weighted by atomic mass is 9.50. The minimum atomic E-state index is -0.551. The fourth-order valence-electron chi connectivity index (χ4n) is 10.7. The van der Waals surface area contributed by atoms with Crippen LogP contribution in [0.5, 0.6) is 11.5 Å². The van der Waals surface area contributed by atoms with Gasteiger partial charge in [0.15, 0.2) is 5.82 Å². The van der Waals surface area contributed by atoms with Crippen LogP contribution in [0, 0.1) is 43.6 Å². The highest BCUT2D eigenvalue weighted by Crippen LogP contribution is 2.39. The van der Waals surface area contributed by atoms with Crippen molar-refractivity contribution in [3.63, 3.8) is 0 Å². The molecule has 0 aliphatic carbocycles. The summed E-state index contributed by atoms with van der Waals surface area (Å²) in [4.78, 5) is 20.2. The Labute approximate surface area is 466 Å². The van der Waals surface area contributed by atoms with E-state index in [0.717, 1.165) is 76.7 Å². The number of hydrogen-bond donors (Lipinski definition) is 0. The molecule has 0 N–H and O–H groups in total. The minimum absolute atomic E-state index is 0.249. The minimum Gasteiger partial charge on any atom is -0.493 e. The van der Waals surface area contributed by atoms with E-state index in [1.165, 1.54) is 11.3 Å². The summed E-state index contributed by atoms with van der Waals surface area (Å²) in [5.41, 5.74) is 9.97. The van der Waals surface area contributed by atoms with Gasteiger partial charge in [0, 0.05) is 50.0 Å². The molecular formula is C67H57B2N7O2S. The average Bonchev–Trinajstić information content (AvgIpc) is 2.99. The molecule has 11 rings (SSSR count). The van der Waals surface area contributed by atoms with Crippen LogP contribution in [0.3, 0.4) is 0 Å². The Balaban J connectivity index is 1.52. The Morgan fingerprint density at radius 2 is 0.987 bits per heavy atom. The van der Waals surface area contributed by atoms with Gasteiger partial charge in [-0.3, -0.25) is 0 Å². The first-order chi connectivity index (χ1) is 38.6. The normalized spacial score (nSPS) is 12.1. The van der Waals surface area contributed by atoms with Crippen LogP contribution >= 0.6 is 11.3 Å². The Morgan fingerprint density at radius 3 is 1.42 bits per heavy atom. The molecule has 0 saturated heterocycles. The zero-order valence-electron chi connectivity index (χ0n) is 45.1. The first-order valence-electron chi connectivity index (χ1n) is 26.8. The van der Waals surface area contributed by atoms with Gasteiger partial charge in [-0.15, -0.1) is 11.3 Å². The molecule has 11 aromatic rings. The smallest absolute Gasteiger partial charge is 0.328 e. The van der Waals surface area contributed by atoms with Crippen LogP contribution in [0.1, 0.15) is 49.9 Å². The number of ether oxygens (including phenoxy) is 2. The molecule has 0 amide bonds. The van der Waals surface area contributed by atoms with Crippen molar-refractivity contribution in [1.29, 1.82) is 5.26 Å². The number of hydrogen-bond acceptors (Lipinski definition) is 7. The number of nitriles is 1. The van der Waals surface area contributed by atoms with Crippen molar-refractivity contribution in [3.05, 3.63) is 245 Å². The van der Waals surface area contributed by atoms with E-state index >= 15 is 0 Å². The number of para-hydroxylation sites is 1. The SMILES string of the molecule is [C-]#[N+]/C(c1nc(C)cc(C)n1)=c1\c2c(-c3cccc(OCC(C)C)c3)n(B(c3ccccc3)c3ccccc3)/c(=C(/C#N)c3nc4ccccc4s3)c2c(-c2cccc(OCC(C)C)c2)n1B(c1ccccc1)c1ccccc1. The highest BCUT2D eigenvalue weighted by Gasteiger charge is 2.38. The molecule has 0 spiro atoms. The van der Waals surface area contributed by atoms with Crippen LogP contribution in [-0.2, 0) is 0 Å². The van der Waals surface area contributed by atoms with E-state index in [4.69, 9.17) is 24.4 Å². The lowest BCUT2D eigenvalue weighted by molar-refractivity contribution is 0.271. The third-order valence-electron chi connectivity index (χ3n) is 13.9. The van der Waals surface area contributed by atoms with E-state index < -0.39 is 13.7 Å². The van der Waals surface area contributed by atoms with Gasteiger partial charge in [0.2, 0.25) is 0 Å². The standard InChI is InChI=1S/C67H57B2N7O2S/c1-44(2)42-77-54-34-22-24-48(39-54)62-59-60(65(61(71-7)66-72-46(5)38-47(6)73-66)76(62)69(52-30-16-10-17-31-52)53-32-18-11-19-33-53)63(49-25-23-35-55(40-49)78-43-45(3)4)75(68(50-26-12-8-13-27-50)51-28-14-9-15-29-51)64(59)56(41-70)67-74-57-36-20-21-37-58(57)79-67/h8-40,44-45H,42-43H2,1-6H3/b64-56-,65-61+. The summed E-state index contributed by atoms with van der Waals surface area (Å²) in [5, 5.41) is 15.6. The molecule has 79 heavy (non-hydrogen) atoms. The number of rotatable bonds is 16. The molecule has 0 radical (unpaired) electrons. The number of aryl methyl sites for hydroxylation is 2. The molecule has 12 heteroatoms. The topological polar surface area (TPSA) is 95.1 Å². The molecular weight excluding hydrogens is 988 g/mol. The van der Waals surface area contributed by atoms with Crippen LogP contribution < -0.4 is 42.0 Å². The van der Waals surface area contributed by atoms with E-state index in [-0.39, 0.29) is 17.5 Å². The van der Waals surface area contributed by atoms with Gasteiger partial charge in [0.1, 0.15) is 28.1 Å². The molecule has 0 saturated carbocycles. The summed E-state index contributed by atoms with van der Waals surface area (Å²) in [6.45, 7) is 21.9. The van der Waals surface area contributed by atoms with Gasteiger partial charge in [-0.05, 0) is 68.1 Å². The van der Waals surface area contributed by atoms with Crippen LogP contribution in [0.4, 0.5) is 0 Å². The maximum Gasteiger partial charge on any atom is 0.328 e. The Bertz CT molecular complexity index is 4030. The van der Waals surface area contributed by atoms with Crippen LogP contribution in [0.2, 0.25) is 0 Å². The van der Waals surface area contributed by atoms with Gasteiger partial charge < -0.3 is 18.4 Å². The summed E-state index contributed by atoms with van der Waals surface area (Å²) in [7, 11) is 0. The quantitative estimate of drug-likeness (QED) is 0.0707. The molecule has 4 heterocycles. The fourth-order valence-corrected chi connectivity index (χ4v) is 11.7. The third kappa shape index (κ3) is 10.4. The first-order valence-corrected chi connectivity index (χ1v) is 27.6. The van der Waals surface area contributed by atoms with Crippen LogP contribution in [0.15, 0.2) is 200 Å². The molecule has 0 bridgehead atoms. The Morgan fingerprint density at radius 1 is 0.557 bits per heavy atom. The largest absolute Gasteiger partial charge is 0.493 e. The molecule has 0 unspecified atom stereocenters. The predicted molar refractivity (Wildman–Crippen MR) is 326 cm³/mol. The summed E-state index contributed by atoms with van der Waals surface area (Å²) in [6, 6.07) is 71.1. The second kappa shape index (κ2) is 22.8. The molecule has 0 aliphatic rings. The zero-order valence-corrected chi connectivity index (χ0v) is 45.9. The van der Waals surface area contributed by atoms with Crippen molar-refractivity contribution in [1.82, 2.24) is 23.9 Å². The monoisotopic (exact) mass is 1050 g/mol. The highest BCUT2D eigenvalue weighted by molar-refractivity contribution is 7.19. The molecule has 9 nitrogen and oxygen atoms in total. The molecule has 0 atom stereocenters. The van der Waals surface area contributed by atoms with E-state index in [9.17, 15) is 11.8 Å². The number of fused-ring (bicyclic) bond motifs is 2. The number of benzene rings is 7. The van der Waals surface area contributed by atoms with Gasteiger partial charge in [0.25, 0.3) is 5.70 Å². The summed E-state index contributed by atoms with van der Waals surface area (Å²) >= 11 is 1.49. The van der Waals surface area contributed by atoms with Crippen LogP contribution in [-0.4, -0.2) is 50.8 Å². The predicted octanol–water partition coefficient (Wildman–Crippen LogP) is 11.0. The van der Waals surface area contributed by atoms with Crippen LogP contribution in [0.25, 0.3) is 59.6 Å². The maximum absolute atomic E-state index is 12.3. The molecule has 384 valence electrons. The van der Waals surface area contributed by atoms with Gasteiger partial charge in [-0.1, -0.05) is 207 Å². The molecule has 0 aliphatic heterocycles. The number of nitrogens with zero attached hydrogens (tertiary/aromatic N) is 7. The number of thiazole rings is 1. The van der Waals surface area contributed by atoms with Gasteiger partial charge in [-0.25, -0.2) is 19.8 Å². The van der Waals surface area contributed by atoms with E-state index in [2.05, 4.69) is 175 Å². The van der Waals surface area contributed by atoms with Crippen molar-refractivity contribution in [2.24, 2.45) is 11.8 Å². The van der Waals surface area contributed by atoms with Gasteiger partial charge in [0.05, 0.1) is 35.4 Å². The average molecular weight is 1050 g/mol. The summed E-state index contributed by atoms with van der Waals surface area (Å²) < 4.78 is 18.9. The van der Waals surface area contributed by atoms with Gasteiger partial charge in [-0.2, -0.15) is 5.26 Å². The second-order valence-electron chi connectivity index (χ2n) is 20.7. The lowest BCUT2D eigenvalue weighted by Gasteiger charge is -2.24. The van der Waals surface area contributed by atoms with Crippen molar-refractivity contribution in [3.8, 4) is 40.1 Å². The third-order valence-corrected chi connectivity index (χ3v) is 15.0. The number of aromatic nitrogens is 5. The van der Waals surface area contributed by atoms with E-state index in [0.29, 0.717) is 51.8 Å². The fraction of sp³-hybridized carbons (Fsp3) is 0.149. The molecule has 7 aromatic carbocycles. The molecule has 0 fully saturated rings. The van der Waals surface area contributed by atoms with Crippen molar-refractivity contribution in [2.75, 3.05) is 13.2 Å². The maximum atomic E-state index is 12.3. The summed E-state index contributed by atoms with van der Waals surface area (Å²) in [6.07, 6.45) is 0. The Kier molecular flexibility index (Phi) is 15.0. The second-order valence-corrected chi connectivity index (χ2v) is 21.7. The van der Waals surface area contributed by atoms with Crippen molar-refractivity contribution < 1.29 is 9.47 Å². The summed E-state index contributed by atoms with van der Waals surface area (Å²) in [5.74, 6) is 2.20. The van der Waals surface area contributed by atoms with Crippen molar-refractivity contribution in [2.45, 2.75) is 41.5 Å². The Hall–Kier alpha value is -9.22. The molecule has 4 aromatic heterocycles. The van der Waals surface area contributed by atoms with Crippen molar-refractivity contribution >= 4 is 79.1 Å². The van der Waals surface area contributed by atoms with E-state index in [1.54, 1.807) is 0 Å². The van der Waals surface area contributed by atoms with E-state index in [1.807, 2.05) is 86.6 Å². The van der Waals surface area contributed by atoms with Gasteiger partial charge >= 0.3 is 13.7 Å². The first kappa shape index (κ1) is 51.9. The highest BCUT2D eigenvalue weighted by atomic mass is 32.1.